The maximum atomic E-state index is 14.8. The Morgan fingerprint density at radius 3 is 2.48 bits per heavy atom. The molecule has 1 aliphatic heterocycles. The van der Waals surface area contributed by atoms with Gasteiger partial charge in [-0.25, -0.2) is 4.39 Å². The third-order valence-corrected chi connectivity index (χ3v) is 8.08. The first-order chi connectivity index (χ1) is 21.9. The molecule has 1 aromatic heterocycles. The van der Waals surface area contributed by atoms with Crippen LogP contribution in [0, 0.1) is 26.6 Å². The lowest BCUT2D eigenvalue weighted by Crippen LogP contribution is -2.54. The fourth-order valence-electron chi connectivity index (χ4n) is 5.52. The highest BCUT2D eigenvalue weighted by Crippen LogP contribution is 2.31. The molecule has 0 bridgehead atoms. The number of aromatic nitrogens is 2. The molecule has 2 heterocycles. The summed E-state index contributed by atoms with van der Waals surface area (Å²) in [6.45, 7) is 13.4. The van der Waals surface area contributed by atoms with E-state index in [9.17, 15) is 18.8 Å². The van der Waals surface area contributed by atoms with Crippen LogP contribution in [-0.2, 0) is 16.6 Å². The second-order valence-corrected chi connectivity index (χ2v) is 11.7. The number of aryl methyl sites for hydroxylation is 4. The zero-order valence-electron chi connectivity index (χ0n) is 27.4. The monoisotopic (exact) mass is 634 g/mol. The Bertz CT molecular complexity index is 1600. The lowest BCUT2D eigenvalue weighted by molar-refractivity contribution is -0.130. The first-order valence-electron chi connectivity index (χ1n) is 15.2. The van der Waals surface area contributed by atoms with Crippen LogP contribution in [0.25, 0.3) is 0 Å². The number of amides is 3. The molecule has 246 valence electrons. The lowest BCUT2D eigenvalue weighted by atomic mass is 10.0. The molecule has 3 aromatic rings. The van der Waals surface area contributed by atoms with Crippen LogP contribution in [0.2, 0.25) is 0 Å². The van der Waals surface area contributed by atoms with Crippen molar-refractivity contribution in [3.8, 4) is 5.75 Å². The van der Waals surface area contributed by atoms with Crippen LogP contribution in [0.3, 0.4) is 0 Å². The van der Waals surface area contributed by atoms with Gasteiger partial charge in [0.2, 0.25) is 5.91 Å². The Hall–Kier alpha value is -4.55. The van der Waals surface area contributed by atoms with Crippen molar-refractivity contribution in [2.75, 3.05) is 51.8 Å². The van der Waals surface area contributed by atoms with Crippen molar-refractivity contribution in [2.45, 2.75) is 39.8 Å². The molecule has 0 spiro atoms. The molecule has 4 rings (SSSR count). The van der Waals surface area contributed by atoms with Gasteiger partial charge in [0.25, 0.3) is 11.8 Å². The molecular formula is C34H43FN6O5. The quantitative estimate of drug-likeness (QED) is 0.229. The van der Waals surface area contributed by atoms with E-state index < -0.39 is 17.9 Å². The highest BCUT2D eigenvalue weighted by atomic mass is 19.1. The van der Waals surface area contributed by atoms with Crippen molar-refractivity contribution in [1.82, 2.24) is 24.9 Å². The molecule has 0 unspecified atom stereocenters. The Labute approximate surface area is 269 Å². The second-order valence-electron chi connectivity index (χ2n) is 11.7. The van der Waals surface area contributed by atoms with E-state index in [0.29, 0.717) is 55.3 Å². The van der Waals surface area contributed by atoms with Crippen LogP contribution in [0.1, 0.15) is 56.0 Å². The number of hydrogen-bond donors (Lipinski definition) is 2. The maximum Gasteiger partial charge on any atom is 0.257 e. The standard InChI is InChI=1S/C34H43FN6O5/c1-8-31(42)41-13-12-40(19-24(41)5)20-30(25-10-9-21(2)28(35)16-25)46-29-15-22(3)26(17-27(29)33(43)36-11-14-45-7)34(44)37-32-23(4)18-39(6)38-32/h8-10,15-18,24,30H,1,11-14,19-20H2,2-7H3,(H,36,43)(H,37,38,44)/t24-,30-/m1/s1. The number of nitrogens with one attached hydrogen (secondary N) is 2. The topological polar surface area (TPSA) is 118 Å². The van der Waals surface area contributed by atoms with Crippen LogP contribution in [0.4, 0.5) is 10.2 Å². The van der Waals surface area contributed by atoms with E-state index >= 15 is 0 Å². The van der Waals surface area contributed by atoms with Gasteiger partial charge in [0.1, 0.15) is 17.7 Å². The number of hydrogen-bond acceptors (Lipinski definition) is 7. The molecule has 12 heteroatoms. The van der Waals surface area contributed by atoms with E-state index in [0.717, 1.165) is 5.56 Å². The van der Waals surface area contributed by atoms with Crippen LogP contribution < -0.4 is 15.4 Å². The van der Waals surface area contributed by atoms with E-state index in [-0.39, 0.29) is 41.2 Å². The van der Waals surface area contributed by atoms with Gasteiger partial charge in [0.05, 0.1) is 12.2 Å². The molecule has 46 heavy (non-hydrogen) atoms. The minimum Gasteiger partial charge on any atom is -0.484 e. The summed E-state index contributed by atoms with van der Waals surface area (Å²) in [5, 5.41) is 9.95. The van der Waals surface area contributed by atoms with Gasteiger partial charge in [-0.05, 0) is 68.7 Å². The molecule has 0 aliphatic carbocycles. The van der Waals surface area contributed by atoms with Gasteiger partial charge in [0, 0.05) is 70.2 Å². The molecule has 0 saturated carbocycles. The molecule has 2 N–H and O–H groups in total. The van der Waals surface area contributed by atoms with Crippen molar-refractivity contribution >= 4 is 23.5 Å². The molecule has 11 nitrogen and oxygen atoms in total. The Balaban J connectivity index is 1.69. The van der Waals surface area contributed by atoms with E-state index in [1.165, 1.54) is 25.3 Å². The number of rotatable bonds is 12. The summed E-state index contributed by atoms with van der Waals surface area (Å²) >= 11 is 0. The molecule has 1 saturated heterocycles. The summed E-state index contributed by atoms with van der Waals surface area (Å²) in [4.78, 5) is 43.2. The molecular weight excluding hydrogens is 591 g/mol. The van der Waals surface area contributed by atoms with Crippen LogP contribution >= 0.6 is 0 Å². The Morgan fingerprint density at radius 1 is 1.09 bits per heavy atom. The summed E-state index contributed by atoms with van der Waals surface area (Å²) in [6.07, 6.45) is 2.43. The smallest absolute Gasteiger partial charge is 0.257 e. The molecule has 1 fully saturated rings. The van der Waals surface area contributed by atoms with Crippen molar-refractivity contribution in [3.63, 3.8) is 0 Å². The number of nitrogens with zero attached hydrogens (tertiary/aromatic N) is 4. The predicted octanol–water partition coefficient (Wildman–Crippen LogP) is 3.95. The zero-order chi connectivity index (χ0) is 33.5. The second kappa shape index (κ2) is 15.2. The summed E-state index contributed by atoms with van der Waals surface area (Å²) in [5.41, 5.74) is 2.90. The van der Waals surface area contributed by atoms with E-state index in [4.69, 9.17) is 9.47 Å². The van der Waals surface area contributed by atoms with Crippen LogP contribution in [0.15, 0.2) is 49.2 Å². The van der Waals surface area contributed by atoms with Gasteiger partial charge in [0.15, 0.2) is 5.82 Å². The van der Waals surface area contributed by atoms with Gasteiger partial charge in [-0.2, -0.15) is 5.10 Å². The highest BCUT2D eigenvalue weighted by molar-refractivity contribution is 6.07. The summed E-state index contributed by atoms with van der Waals surface area (Å²) in [6, 6.07) is 8.05. The third kappa shape index (κ3) is 8.18. The van der Waals surface area contributed by atoms with Crippen molar-refractivity contribution < 1.29 is 28.2 Å². The fraction of sp³-hybridized carbons (Fsp3) is 0.412. The van der Waals surface area contributed by atoms with Crippen molar-refractivity contribution in [3.05, 3.63) is 88.4 Å². The average molecular weight is 635 g/mol. The van der Waals surface area contributed by atoms with Gasteiger partial charge in [-0.3, -0.25) is 24.0 Å². The SMILES string of the molecule is C=CC(=O)N1CCN(C[C@@H](Oc2cc(C)c(C(=O)Nc3nn(C)cc3C)cc2C(=O)NCCOC)c2ccc(C)c(F)c2)C[C@H]1C. The first kappa shape index (κ1) is 34.3. The number of piperazine rings is 1. The van der Waals surface area contributed by atoms with Gasteiger partial charge in [-0.1, -0.05) is 18.7 Å². The van der Waals surface area contributed by atoms with Crippen LogP contribution in [0.5, 0.6) is 5.75 Å². The number of methoxy groups -OCH3 is 1. The fourth-order valence-corrected chi connectivity index (χ4v) is 5.52. The first-order valence-corrected chi connectivity index (χ1v) is 15.2. The van der Waals surface area contributed by atoms with Gasteiger partial charge in [-0.15, -0.1) is 0 Å². The van der Waals surface area contributed by atoms with Crippen LogP contribution in [-0.4, -0.2) is 89.8 Å². The number of carbonyl (C=O) groups is 3. The number of carbonyl (C=O) groups excluding carboxylic acids is 3. The van der Waals surface area contributed by atoms with E-state index in [1.54, 1.807) is 48.8 Å². The summed E-state index contributed by atoms with van der Waals surface area (Å²) in [7, 11) is 3.30. The number of benzene rings is 2. The minimum absolute atomic E-state index is 0.0699. The number of halogens is 1. The summed E-state index contributed by atoms with van der Waals surface area (Å²) < 4.78 is 28.1. The maximum absolute atomic E-state index is 14.8. The van der Waals surface area contributed by atoms with Gasteiger partial charge >= 0.3 is 0 Å². The highest BCUT2D eigenvalue weighted by Gasteiger charge is 2.30. The molecule has 1 aliphatic rings. The largest absolute Gasteiger partial charge is 0.484 e. The Kier molecular flexibility index (Phi) is 11.3. The van der Waals surface area contributed by atoms with Crippen molar-refractivity contribution in [1.29, 1.82) is 0 Å². The van der Waals surface area contributed by atoms with Crippen molar-refractivity contribution in [2.24, 2.45) is 7.05 Å². The normalized spacial score (nSPS) is 15.7. The predicted molar refractivity (Wildman–Crippen MR) is 174 cm³/mol. The third-order valence-electron chi connectivity index (χ3n) is 8.08. The lowest BCUT2D eigenvalue weighted by Gasteiger charge is -2.40. The summed E-state index contributed by atoms with van der Waals surface area (Å²) in [5.74, 6) is -0.695. The molecule has 2 atom stereocenters. The minimum atomic E-state index is -0.676. The molecule has 2 aromatic carbocycles. The van der Waals surface area contributed by atoms with E-state index in [2.05, 4.69) is 27.2 Å². The molecule has 0 radical (unpaired) electrons. The number of ether oxygens (including phenoxy) is 2. The zero-order valence-corrected chi connectivity index (χ0v) is 27.4. The molecule has 3 amide bonds. The Morgan fingerprint density at radius 2 is 1.85 bits per heavy atom. The average Bonchev–Trinajstić information content (AvgIpc) is 3.33. The van der Waals surface area contributed by atoms with E-state index in [1.807, 2.05) is 19.9 Å². The van der Waals surface area contributed by atoms with Gasteiger partial charge < -0.3 is 25.0 Å². The number of anilines is 1.